The summed E-state index contributed by atoms with van der Waals surface area (Å²) in [6.07, 6.45) is 1.15. The van der Waals surface area contributed by atoms with E-state index >= 15 is 0 Å². The molecular weight excluding hydrogens is 331 g/mol. The van der Waals surface area contributed by atoms with Crippen molar-refractivity contribution < 1.29 is 4.74 Å². The Labute approximate surface area is 150 Å². The van der Waals surface area contributed by atoms with E-state index in [1.165, 1.54) is 11.1 Å². The van der Waals surface area contributed by atoms with Crippen LogP contribution in [0.4, 0.5) is 0 Å². The van der Waals surface area contributed by atoms with Crippen LogP contribution >= 0.6 is 24.8 Å². The van der Waals surface area contributed by atoms with Gasteiger partial charge in [0, 0.05) is 24.2 Å². The Balaban J connectivity index is 0.00000132. The van der Waals surface area contributed by atoms with Crippen LogP contribution in [-0.2, 0) is 6.54 Å². The quantitative estimate of drug-likeness (QED) is 0.858. The van der Waals surface area contributed by atoms with Crippen LogP contribution in [0.15, 0.2) is 54.6 Å². The van der Waals surface area contributed by atoms with Crippen molar-refractivity contribution in [1.29, 1.82) is 0 Å². The van der Waals surface area contributed by atoms with Gasteiger partial charge in [0.25, 0.3) is 0 Å². The lowest BCUT2D eigenvalue weighted by Gasteiger charge is -2.22. The Morgan fingerprint density at radius 2 is 1.74 bits per heavy atom. The van der Waals surface area contributed by atoms with E-state index in [0.29, 0.717) is 12.1 Å². The van der Waals surface area contributed by atoms with E-state index in [-0.39, 0.29) is 24.8 Å². The first-order chi connectivity index (χ1) is 10.4. The van der Waals surface area contributed by atoms with E-state index < -0.39 is 0 Å². The van der Waals surface area contributed by atoms with Crippen LogP contribution in [0, 0.1) is 0 Å². The predicted octanol–water partition coefficient (Wildman–Crippen LogP) is 3.73. The number of hydrogen-bond donors (Lipinski definition) is 2. The van der Waals surface area contributed by atoms with Gasteiger partial charge in [0.1, 0.15) is 5.75 Å². The standard InChI is InChI=1S/C18H22N2O.2ClH/c1-21-17-10-6-5-9-15(17)13-20-16-11-12-19-18(16)14-7-3-2-4-8-14;;/h2-10,16,18-20H,11-13H2,1H3;2*1H. The zero-order valence-corrected chi connectivity index (χ0v) is 14.8. The van der Waals surface area contributed by atoms with Gasteiger partial charge >= 0.3 is 0 Å². The third kappa shape index (κ3) is 4.85. The van der Waals surface area contributed by atoms with Crippen LogP contribution < -0.4 is 15.4 Å². The van der Waals surface area contributed by atoms with E-state index in [2.05, 4.69) is 53.1 Å². The maximum atomic E-state index is 5.42. The lowest BCUT2D eigenvalue weighted by Crippen LogP contribution is -2.34. The van der Waals surface area contributed by atoms with E-state index in [9.17, 15) is 0 Å². The SMILES string of the molecule is COc1ccccc1CNC1CCNC1c1ccccc1.Cl.Cl. The summed E-state index contributed by atoms with van der Waals surface area (Å²) in [6, 6.07) is 19.7. The second-order valence-corrected chi connectivity index (χ2v) is 5.43. The lowest BCUT2D eigenvalue weighted by atomic mass is 10.0. The maximum absolute atomic E-state index is 5.42. The smallest absolute Gasteiger partial charge is 0.123 e. The van der Waals surface area contributed by atoms with Gasteiger partial charge in [-0.05, 0) is 24.6 Å². The molecule has 23 heavy (non-hydrogen) atoms. The van der Waals surface area contributed by atoms with Crippen molar-refractivity contribution in [3.8, 4) is 5.75 Å². The highest BCUT2D eigenvalue weighted by Gasteiger charge is 2.27. The Morgan fingerprint density at radius 3 is 2.48 bits per heavy atom. The zero-order chi connectivity index (χ0) is 14.5. The monoisotopic (exact) mass is 354 g/mol. The highest BCUT2D eigenvalue weighted by Crippen LogP contribution is 2.25. The van der Waals surface area contributed by atoms with E-state index in [0.717, 1.165) is 25.3 Å². The fourth-order valence-electron chi connectivity index (χ4n) is 3.02. The molecule has 2 N–H and O–H groups in total. The summed E-state index contributed by atoms with van der Waals surface area (Å²) in [5.41, 5.74) is 2.56. The van der Waals surface area contributed by atoms with Gasteiger partial charge in [-0.1, -0.05) is 48.5 Å². The molecule has 5 heteroatoms. The Kier molecular flexibility index (Phi) is 8.42. The van der Waals surface area contributed by atoms with Gasteiger partial charge in [0.15, 0.2) is 0 Å². The Morgan fingerprint density at radius 1 is 1.04 bits per heavy atom. The molecule has 0 radical (unpaired) electrons. The first-order valence-electron chi connectivity index (χ1n) is 7.52. The van der Waals surface area contributed by atoms with Crippen molar-refractivity contribution in [2.24, 2.45) is 0 Å². The largest absolute Gasteiger partial charge is 0.496 e. The van der Waals surface area contributed by atoms with Crippen LogP contribution in [0.1, 0.15) is 23.6 Å². The molecule has 1 heterocycles. The second kappa shape index (κ2) is 9.78. The number of para-hydroxylation sites is 1. The third-order valence-corrected chi connectivity index (χ3v) is 4.13. The summed E-state index contributed by atoms with van der Waals surface area (Å²) in [5.74, 6) is 0.951. The van der Waals surface area contributed by atoms with Gasteiger partial charge in [-0.3, -0.25) is 0 Å². The van der Waals surface area contributed by atoms with Crippen molar-refractivity contribution in [2.75, 3.05) is 13.7 Å². The molecule has 2 aromatic carbocycles. The molecule has 2 aromatic rings. The molecule has 0 aliphatic carbocycles. The molecule has 0 bridgehead atoms. The molecule has 3 nitrogen and oxygen atoms in total. The minimum absolute atomic E-state index is 0. The molecule has 1 aliphatic heterocycles. The topological polar surface area (TPSA) is 33.3 Å². The van der Waals surface area contributed by atoms with Crippen LogP contribution in [-0.4, -0.2) is 19.7 Å². The third-order valence-electron chi connectivity index (χ3n) is 4.13. The number of methoxy groups -OCH3 is 1. The molecule has 1 fully saturated rings. The minimum Gasteiger partial charge on any atom is -0.496 e. The molecule has 0 saturated carbocycles. The van der Waals surface area contributed by atoms with Crippen molar-refractivity contribution in [3.05, 3.63) is 65.7 Å². The molecule has 3 rings (SSSR count). The van der Waals surface area contributed by atoms with Crippen LogP contribution in [0.3, 0.4) is 0 Å². The van der Waals surface area contributed by atoms with Crippen molar-refractivity contribution in [3.63, 3.8) is 0 Å². The Hall–Kier alpha value is -1.26. The Bertz CT molecular complexity index is 580. The average molecular weight is 355 g/mol. The molecule has 2 atom stereocenters. The minimum atomic E-state index is 0. The zero-order valence-electron chi connectivity index (χ0n) is 13.2. The summed E-state index contributed by atoms with van der Waals surface area (Å²) < 4.78 is 5.42. The number of nitrogens with one attached hydrogen (secondary N) is 2. The molecule has 1 aliphatic rings. The van der Waals surface area contributed by atoms with E-state index in [4.69, 9.17) is 4.74 Å². The first kappa shape index (κ1) is 19.8. The van der Waals surface area contributed by atoms with Gasteiger partial charge in [0.2, 0.25) is 0 Å². The van der Waals surface area contributed by atoms with Gasteiger partial charge in [-0.2, -0.15) is 0 Å². The summed E-state index contributed by atoms with van der Waals surface area (Å²) in [7, 11) is 1.72. The van der Waals surface area contributed by atoms with Gasteiger partial charge in [-0.15, -0.1) is 24.8 Å². The number of benzene rings is 2. The summed E-state index contributed by atoms with van der Waals surface area (Å²) in [6.45, 7) is 1.89. The highest BCUT2D eigenvalue weighted by molar-refractivity contribution is 5.85. The van der Waals surface area contributed by atoms with Crippen molar-refractivity contribution in [1.82, 2.24) is 10.6 Å². The lowest BCUT2D eigenvalue weighted by molar-refractivity contribution is 0.401. The fourth-order valence-corrected chi connectivity index (χ4v) is 3.02. The number of rotatable bonds is 5. The van der Waals surface area contributed by atoms with Crippen LogP contribution in [0.5, 0.6) is 5.75 Å². The van der Waals surface area contributed by atoms with Crippen molar-refractivity contribution >= 4 is 24.8 Å². The number of halogens is 2. The normalized spacial score (nSPS) is 19.5. The number of ether oxygens (including phenoxy) is 1. The average Bonchev–Trinajstić information content (AvgIpc) is 3.02. The molecule has 1 saturated heterocycles. The van der Waals surface area contributed by atoms with Gasteiger partial charge in [-0.25, -0.2) is 0 Å². The molecule has 126 valence electrons. The summed E-state index contributed by atoms with van der Waals surface area (Å²) in [5, 5.41) is 7.27. The molecule has 0 aromatic heterocycles. The summed E-state index contributed by atoms with van der Waals surface area (Å²) >= 11 is 0. The molecule has 2 unspecified atom stereocenters. The van der Waals surface area contributed by atoms with Crippen LogP contribution in [0.25, 0.3) is 0 Å². The maximum Gasteiger partial charge on any atom is 0.123 e. The molecular formula is C18H24Cl2N2O. The van der Waals surface area contributed by atoms with E-state index in [1.54, 1.807) is 7.11 Å². The van der Waals surface area contributed by atoms with E-state index in [1.807, 2.05) is 12.1 Å². The van der Waals surface area contributed by atoms with Crippen molar-refractivity contribution in [2.45, 2.75) is 25.0 Å². The number of hydrogen-bond acceptors (Lipinski definition) is 3. The first-order valence-corrected chi connectivity index (χ1v) is 7.52. The molecule has 0 amide bonds. The highest BCUT2D eigenvalue weighted by atomic mass is 35.5. The molecule has 0 spiro atoms. The predicted molar refractivity (Wildman–Crippen MR) is 99.9 cm³/mol. The summed E-state index contributed by atoms with van der Waals surface area (Å²) in [4.78, 5) is 0. The second-order valence-electron chi connectivity index (χ2n) is 5.43. The van der Waals surface area contributed by atoms with Crippen LogP contribution in [0.2, 0.25) is 0 Å². The van der Waals surface area contributed by atoms with Gasteiger partial charge in [0.05, 0.1) is 7.11 Å². The van der Waals surface area contributed by atoms with Gasteiger partial charge < -0.3 is 15.4 Å². The fraction of sp³-hybridized carbons (Fsp3) is 0.333.